The number of fused-ring (bicyclic) bond motifs is 14. The van der Waals surface area contributed by atoms with E-state index in [1.165, 1.54) is 0 Å². The van der Waals surface area contributed by atoms with E-state index in [0.717, 1.165) is 173 Å². The minimum Gasteiger partial charge on any atom is -0.453 e. The number of benzene rings is 17. The van der Waals surface area contributed by atoms with E-state index in [0.29, 0.717) is 62.1 Å². The molecule has 0 N–H and O–H groups in total. The van der Waals surface area contributed by atoms with Gasteiger partial charge in [0, 0.05) is 89.3 Å². The van der Waals surface area contributed by atoms with Gasteiger partial charge in [0.25, 0.3) is 6.71 Å². The van der Waals surface area contributed by atoms with Crippen LogP contribution in [0.2, 0.25) is 0 Å². The zero-order valence-corrected chi connectivity index (χ0v) is 83.6. The standard InChI is InChI=1S/C130H121BN6O2/c1-124(2,3)84-42-34-38-80(66-84)97-70-88(128(13,14)15)71-98(81-39-35-43-85(67-81)125(4,5)6)122(97)136-113-78-93(132-105-48-24-22-46-95(105)101-76-91(60-64-107(101)132)134-109-50-26-30-54-117(109)138-118-55-31-27-51-110(118)134)58-62-103(113)131-104-63-59-94(133-106-49-25-23-47-96(106)102-77-92(61-65-108(102)133)135-111-52-28-32-56-119(111)139-120-57-33-29-53-112(120)135)79-114(104)137(116-75-90(130(19,20)21)74-115(136)121(116)131)123-99(82-40-36-44-86(68-82)126(7,8)9)72-89(129(16,17)18)73-100(123)83-41-37-45-87(69-83)127(10,11)12/h22-79H,1-21H3/i58D,59D,62D,63D,78D,79D. The number of hydrogen-bond donors (Lipinski definition) is 0. The largest absolute Gasteiger partial charge is 0.453 e. The lowest BCUT2D eigenvalue weighted by Crippen LogP contribution is -2.61. The first-order valence-electron chi connectivity index (χ1n) is 52.1. The Labute approximate surface area is 829 Å². The summed E-state index contributed by atoms with van der Waals surface area (Å²) in [6.45, 7) is 46.5. The highest BCUT2D eigenvalue weighted by Crippen LogP contribution is 2.60. The van der Waals surface area contributed by atoms with Crippen LogP contribution in [0.15, 0.2) is 352 Å². The lowest BCUT2D eigenvalue weighted by molar-refractivity contribution is 0.477. The first-order valence-corrected chi connectivity index (χ1v) is 49.1. The second-order valence-electron chi connectivity index (χ2n) is 45.8. The van der Waals surface area contributed by atoms with Crippen molar-refractivity contribution >= 4 is 135 Å². The fraction of sp³-hybridized carbons (Fsp3) is 0.215. The maximum Gasteiger partial charge on any atom is 0.252 e. The molecule has 0 saturated carbocycles. The molecule has 8 nitrogen and oxygen atoms in total. The average Bonchev–Trinajstić information content (AvgIpc) is 0.835. The molecule has 0 bridgehead atoms. The monoisotopic (exact) mass is 1820 g/mol. The van der Waals surface area contributed by atoms with Crippen molar-refractivity contribution in [1.82, 2.24) is 9.13 Å². The van der Waals surface area contributed by atoms with Crippen molar-refractivity contribution in [3.05, 3.63) is 391 Å². The molecule has 23 rings (SSSR count). The number of ether oxygens (including phenoxy) is 2. The summed E-state index contributed by atoms with van der Waals surface area (Å²) in [4.78, 5) is 9.19. The Bertz CT molecular complexity index is 7950. The van der Waals surface area contributed by atoms with Gasteiger partial charge in [0.15, 0.2) is 23.0 Å². The molecule has 0 fully saturated rings. The second kappa shape index (κ2) is 31.9. The van der Waals surface area contributed by atoms with Gasteiger partial charge in [-0.15, -0.1) is 0 Å². The lowest BCUT2D eigenvalue weighted by Gasteiger charge is -2.47. The van der Waals surface area contributed by atoms with Gasteiger partial charge in [-0.05, 0) is 273 Å². The highest BCUT2D eigenvalue weighted by molar-refractivity contribution is 7.00. The van der Waals surface area contributed by atoms with E-state index in [-0.39, 0.29) is 69.3 Å². The van der Waals surface area contributed by atoms with Gasteiger partial charge in [-0.3, -0.25) is 0 Å². The van der Waals surface area contributed by atoms with Crippen molar-refractivity contribution in [2.24, 2.45) is 0 Å². The van der Waals surface area contributed by atoms with Gasteiger partial charge >= 0.3 is 0 Å². The van der Waals surface area contributed by atoms with Crippen molar-refractivity contribution in [3.63, 3.8) is 0 Å². The molecule has 4 aliphatic heterocycles. The summed E-state index contributed by atoms with van der Waals surface area (Å²) < 4.78 is 89.8. The van der Waals surface area contributed by atoms with E-state index in [9.17, 15) is 8.22 Å². The van der Waals surface area contributed by atoms with E-state index < -0.39 is 23.0 Å². The Morgan fingerprint density at radius 1 is 0.223 bits per heavy atom. The molecule has 19 aromatic rings. The van der Waals surface area contributed by atoms with Crippen LogP contribution in [-0.2, 0) is 37.9 Å². The van der Waals surface area contributed by atoms with Crippen LogP contribution in [-0.4, -0.2) is 15.8 Å². The van der Waals surface area contributed by atoms with E-state index in [2.05, 4.69) is 405 Å². The molecule has 6 heterocycles. The van der Waals surface area contributed by atoms with Crippen molar-refractivity contribution in [2.75, 3.05) is 19.6 Å². The Morgan fingerprint density at radius 3 is 0.813 bits per heavy atom. The van der Waals surface area contributed by atoms with Crippen LogP contribution in [0.5, 0.6) is 23.0 Å². The first kappa shape index (κ1) is 81.4. The molecular weight excluding hydrogens is 1690 g/mol. The lowest BCUT2D eigenvalue weighted by atomic mass is 9.33. The fourth-order valence-corrected chi connectivity index (χ4v) is 21.4. The number of para-hydroxylation sites is 10. The highest BCUT2D eigenvalue weighted by atomic mass is 16.5. The van der Waals surface area contributed by atoms with Crippen LogP contribution in [0.25, 0.3) is 99.5 Å². The molecule has 0 saturated heterocycles. The Balaban J connectivity index is 0.917. The summed E-state index contributed by atoms with van der Waals surface area (Å²) in [6, 6.07) is 111. The summed E-state index contributed by atoms with van der Waals surface area (Å²) in [7, 11) is 0. The van der Waals surface area contributed by atoms with Crippen LogP contribution in [0.3, 0.4) is 0 Å². The normalized spacial score (nSPS) is 14.3. The van der Waals surface area contributed by atoms with Gasteiger partial charge in [-0.1, -0.05) is 339 Å². The Morgan fingerprint density at radius 2 is 0.504 bits per heavy atom. The number of hydrogen-bond acceptors (Lipinski definition) is 6. The Hall–Kier alpha value is -14.8. The smallest absolute Gasteiger partial charge is 0.252 e. The molecule has 0 aliphatic carbocycles. The maximum absolute atomic E-state index is 12.5. The molecule has 0 atom stereocenters. The van der Waals surface area contributed by atoms with Crippen LogP contribution in [0.4, 0.5) is 68.2 Å². The molecule has 9 heteroatoms. The molecule has 4 aliphatic rings. The van der Waals surface area contributed by atoms with Crippen molar-refractivity contribution in [3.8, 4) is 78.9 Å². The van der Waals surface area contributed by atoms with Gasteiger partial charge in [0.2, 0.25) is 0 Å². The zero-order chi connectivity index (χ0) is 102. The average molecular weight is 1820 g/mol. The summed E-state index contributed by atoms with van der Waals surface area (Å²) in [5.41, 5.74) is 25.3. The molecule has 0 radical (unpaired) electrons. The fourth-order valence-electron chi connectivity index (χ4n) is 21.4. The predicted molar refractivity (Wildman–Crippen MR) is 591 cm³/mol. The molecule has 139 heavy (non-hydrogen) atoms. The van der Waals surface area contributed by atoms with E-state index >= 15 is 0 Å². The minimum atomic E-state index is -1.25. The Kier molecular flexibility index (Phi) is 18.7. The number of nitrogens with zero attached hydrogens (tertiary/aromatic N) is 6. The third-order valence-corrected chi connectivity index (χ3v) is 29.1. The second-order valence-corrected chi connectivity index (χ2v) is 45.8. The van der Waals surface area contributed by atoms with Crippen LogP contribution < -0.4 is 45.5 Å². The number of anilines is 12. The summed E-state index contributed by atoms with van der Waals surface area (Å²) >= 11 is 0. The van der Waals surface area contributed by atoms with Gasteiger partial charge in [-0.25, -0.2) is 0 Å². The molecule has 2 aromatic heterocycles. The third-order valence-electron chi connectivity index (χ3n) is 29.1. The quantitative estimate of drug-likeness (QED) is 0.127. The molecule has 686 valence electrons. The molecule has 0 spiro atoms. The van der Waals surface area contributed by atoms with Crippen molar-refractivity contribution < 1.29 is 17.7 Å². The summed E-state index contributed by atoms with van der Waals surface area (Å²) in [5, 5.41) is 3.48. The number of aromatic nitrogens is 2. The zero-order valence-electron chi connectivity index (χ0n) is 89.6. The molecule has 0 amide bonds. The first-order chi connectivity index (χ1) is 68.9. The van der Waals surface area contributed by atoms with Crippen LogP contribution >= 0.6 is 0 Å². The predicted octanol–water partition coefficient (Wildman–Crippen LogP) is 34.9. The topological polar surface area (TPSA) is 41.3 Å². The summed E-state index contributed by atoms with van der Waals surface area (Å²) in [6.07, 6.45) is 0. The molecular formula is C130H121BN6O2. The number of rotatable bonds is 10. The van der Waals surface area contributed by atoms with Crippen molar-refractivity contribution in [1.29, 1.82) is 0 Å². The van der Waals surface area contributed by atoms with Crippen molar-refractivity contribution in [2.45, 2.75) is 183 Å². The summed E-state index contributed by atoms with van der Waals surface area (Å²) in [5.74, 6) is 2.86. The van der Waals surface area contributed by atoms with E-state index in [4.69, 9.17) is 9.47 Å². The highest BCUT2D eigenvalue weighted by Gasteiger charge is 2.48. The SMILES string of the molecule is [2H]c1c([2H])c(-n2c3ccccc3c3cc(N4c5ccccc5Oc5ccccc54)ccc32)c([2H])c2c1B1c3c(cc(C(C)(C)C)cc3N(c3c(-c4cccc(C(C)(C)C)c4)cc(C(C)(C)C)cc3-c3cccc(C(C)(C)C)c3)c3c([2H])c(-n4c5ccccc5c5cc(N6c7ccccc7Oc7ccccc76)ccc54)c([2H])c([2H])c31)N2c1c(-c2cccc(C(C)(C)C)c2)cc(C(C)(C)C)cc1-c1cccc(C(C)(C)C)c1. The molecule has 0 unspecified atom stereocenters. The van der Waals surface area contributed by atoms with Gasteiger partial charge in [0.05, 0.1) is 64.4 Å². The van der Waals surface area contributed by atoms with E-state index in [1.54, 1.807) is 0 Å². The molecule has 17 aromatic carbocycles. The van der Waals surface area contributed by atoms with Crippen LogP contribution in [0.1, 0.15) is 193 Å². The maximum atomic E-state index is 12.5. The van der Waals surface area contributed by atoms with Gasteiger partial charge in [0.1, 0.15) is 0 Å². The minimum absolute atomic E-state index is 0.0337. The third kappa shape index (κ3) is 14.8. The van der Waals surface area contributed by atoms with E-state index in [1.807, 2.05) is 84.9 Å². The van der Waals surface area contributed by atoms with Gasteiger partial charge < -0.3 is 38.2 Å². The van der Waals surface area contributed by atoms with Crippen LogP contribution in [0, 0.1) is 0 Å². The van der Waals surface area contributed by atoms with Gasteiger partial charge in [-0.2, -0.15) is 0 Å².